The highest BCUT2D eigenvalue weighted by Crippen LogP contribution is 2.32. The summed E-state index contributed by atoms with van der Waals surface area (Å²) in [7, 11) is 2.86. The number of primary amides is 1. The highest BCUT2D eigenvalue weighted by molar-refractivity contribution is 6.29. The first kappa shape index (κ1) is 67.4. The number of carbonyl (C=O) groups excluding carboxylic acids is 3. The van der Waals surface area contributed by atoms with Gasteiger partial charge in [-0.1, -0.05) is 45.2 Å². The van der Waals surface area contributed by atoms with Gasteiger partial charge in [-0.25, -0.2) is 86.2 Å². The Balaban J connectivity index is 0.000000176. The topological polar surface area (TPSA) is 337 Å². The quantitative estimate of drug-likeness (QED) is 0.0693. The van der Waals surface area contributed by atoms with Crippen LogP contribution in [0.15, 0.2) is 92.6 Å². The molecular weight excluding hydrogens is 1200 g/mol. The molecule has 3 fully saturated rings. The lowest BCUT2D eigenvalue weighted by molar-refractivity contribution is -0.147. The Labute approximate surface area is 510 Å². The molecule has 6 unspecified atom stereocenters. The lowest BCUT2D eigenvalue weighted by Gasteiger charge is -2.36. The van der Waals surface area contributed by atoms with E-state index >= 15 is 0 Å². The molecule has 1 aliphatic carbocycles. The Morgan fingerprint density at radius 3 is 1.29 bits per heavy atom. The molecule has 12 rings (SSSR count). The van der Waals surface area contributed by atoms with Crippen molar-refractivity contribution in [3.8, 4) is 34.6 Å². The standard InChI is InChI=1S/C19H20F2N6O2.C18H19F2N7O.C11H6ClF2N5.C9H16O2.H3N.H2O/c1-11-5-12(19(28)29-2)9-26(8-11)15-3-4-22-18(25-15)14-6-24-16-7-23-13(17(20)21)10-27(14)16;1-10-4-11(17(21)28)8-26(7-10)14-2-3-22-18(25-14)13-5-24-15-6-23-12(16(19)20)9-27(13)15;12-8-1-2-15-11(18-8)7-3-17-9-4-16-6(10(13)14)5-19(7)9;1-7-4-3-5-8(6-7)9(10)11-2;;/h3-4,6-7,10-12,17H,5,8-9H2,1-2H3;2-3,5-6,9-11,16H,4,7-8H2,1H3,(H2,21,28);1-5,10H;7-8H,3-6H2,1-2H3;1H3;1H2. The van der Waals surface area contributed by atoms with Gasteiger partial charge in [-0.3, -0.25) is 27.6 Å². The van der Waals surface area contributed by atoms with E-state index in [0.717, 1.165) is 38.8 Å². The van der Waals surface area contributed by atoms with Gasteiger partial charge in [0.05, 0.1) is 69.2 Å². The molecule has 1 amide bonds. The highest BCUT2D eigenvalue weighted by atomic mass is 35.5. The van der Waals surface area contributed by atoms with Gasteiger partial charge in [0.2, 0.25) is 5.91 Å². The number of ether oxygens (including phenoxy) is 2. The number of alkyl halides is 6. The van der Waals surface area contributed by atoms with E-state index in [0.29, 0.717) is 94.0 Å². The number of methoxy groups -OCH3 is 2. The number of anilines is 2. The zero-order valence-corrected chi connectivity index (χ0v) is 49.8. The molecule has 89 heavy (non-hydrogen) atoms. The van der Waals surface area contributed by atoms with Gasteiger partial charge in [0.1, 0.15) is 51.0 Å². The van der Waals surface area contributed by atoms with Crippen molar-refractivity contribution >= 4 is 58.0 Å². The third kappa shape index (κ3) is 16.4. The van der Waals surface area contributed by atoms with E-state index < -0.39 is 19.3 Å². The number of aromatic nitrogens is 15. The van der Waals surface area contributed by atoms with Crippen molar-refractivity contribution in [2.24, 2.45) is 41.2 Å². The van der Waals surface area contributed by atoms with Crippen molar-refractivity contribution in [1.29, 1.82) is 0 Å². The van der Waals surface area contributed by atoms with Crippen LogP contribution in [0.5, 0.6) is 0 Å². The maximum atomic E-state index is 13.0. The van der Waals surface area contributed by atoms with E-state index in [1.54, 1.807) is 24.5 Å². The summed E-state index contributed by atoms with van der Waals surface area (Å²) in [5, 5.41) is 0.267. The predicted molar refractivity (Wildman–Crippen MR) is 314 cm³/mol. The summed E-state index contributed by atoms with van der Waals surface area (Å²) in [6.07, 6.45) is 14.8. The number of halogens is 7. The van der Waals surface area contributed by atoms with Crippen LogP contribution in [0.2, 0.25) is 5.15 Å². The largest absolute Gasteiger partial charge is 0.469 e. The number of rotatable bonds is 11. The summed E-state index contributed by atoms with van der Waals surface area (Å²) in [4.78, 5) is 88.1. The van der Waals surface area contributed by atoms with Crippen molar-refractivity contribution in [2.75, 3.05) is 50.2 Å². The first-order valence-electron chi connectivity index (χ1n) is 27.7. The van der Waals surface area contributed by atoms with Crippen molar-refractivity contribution in [1.82, 2.24) is 79.2 Å². The minimum Gasteiger partial charge on any atom is -0.469 e. The third-order valence-corrected chi connectivity index (χ3v) is 15.1. The summed E-state index contributed by atoms with van der Waals surface area (Å²) < 4.78 is 91.5. The Morgan fingerprint density at radius 2 is 0.899 bits per heavy atom. The molecule has 474 valence electrons. The second kappa shape index (κ2) is 30.2. The highest BCUT2D eigenvalue weighted by Gasteiger charge is 2.33. The Hall–Kier alpha value is -9.10. The van der Waals surface area contributed by atoms with Crippen molar-refractivity contribution in [3.63, 3.8) is 0 Å². The minimum absolute atomic E-state index is 0. The van der Waals surface area contributed by atoms with Crippen LogP contribution < -0.4 is 21.7 Å². The van der Waals surface area contributed by atoms with Gasteiger partial charge in [0, 0.05) is 63.4 Å². The zero-order chi connectivity index (χ0) is 62.1. The van der Waals surface area contributed by atoms with Crippen LogP contribution in [-0.2, 0) is 23.9 Å². The molecule has 11 heterocycles. The molecule has 9 aromatic heterocycles. The molecule has 0 radical (unpaired) electrons. The molecule has 32 heteroatoms. The molecule has 0 bridgehead atoms. The molecule has 6 atom stereocenters. The molecule has 2 saturated heterocycles. The first-order chi connectivity index (χ1) is 41.8. The Bertz CT molecular complexity index is 3860. The van der Waals surface area contributed by atoms with Crippen molar-refractivity contribution < 1.29 is 55.7 Å². The van der Waals surface area contributed by atoms with Gasteiger partial charge in [-0.05, 0) is 61.6 Å². The monoisotopic (exact) mass is 1260 g/mol. The van der Waals surface area contributed by atoms with Crippen LogP contribution in [0.25, 0.3) is 51.5 Å². The van der Waals surface area contributed by atoms with E-state index in [-0.39, 0.29) is 69.5 Å². The molecule has 7 N–H and O–H groups in total. The average molecular weight is 1260 g/mol. The minimum atomic E-state index is -2.69. The maximum Gasteiger partial charge on any atom is 0.310 e. The second-order valence-electron chi connectivity index (χ2n) is 21.4. The van der Waals surface area contributed by atoms with Crippen LogP contribution in [0.4, 0.5) is 38.0 Å². The van der Waals surface area contributed by atoms with Crippen LogP contribution in [0, 0.1) is 35.5 Å². The number of nitrogens with zero attached hydrogens (tertiary/aromatic N) is 17. The molecule has 1 saturated carbocycles. The zero-order valence-electron chi connectivity index (χ0n) is 49.0. The number of fused-ring (bicyclic) bond motifs is 3. The molecule has 25 nitrogen and oxygen atoms in total. The fraction of sp³-hybridized carbons (Fsp3) is 0.421. The number of esters is 2. The number of hydrogen-bond donors (Lipinski definition) is 2. The maximum absolute atomic E-state index is 13.0. The lowest BCUT2D eigenvalue weighted by Crippen LogP contribution is -2.44. The van der Waals surface area contributed by atoms with E-state index in [2.05, 4.69) is 80.6 Å². The van der Waals surface area contributed by atoms with Gasteiger partial charge < -0.3 is 36.6 Å². The van der Waals surface area contributed by atoms with Gasteiger partial charge in [-0.2, -0.15) is 0 Å². The summed E-state index contributed by atoms with van der Waals surface area (Å²) >= 11 is 5.78. The summed E-state index contributed by atoms with van der Waals surface area (Å²) in [6, 6.07) is 5.06. The van der Waals surface area contributed by atoms with Gasteiger partial charge in [-0.15, -0.1) is 0 Å². The smallest absolute Gasteiger partial charge is 0.310 e. The number of piperidine rings is 2. The van der Waals surface area contributed by atoms with E-state index in [9.17, 15) is 40.7 Å². The van der Waals surface area contributed by atoms with Crippen LogP contribution in [-0.4, -0.2) is 137 Å². The van der Waals surface area contributed by atoms with E-state index in [1.807, 2.05) is 9.80 Å². The van der Waals surface area contributed by atoms with Crippen LogP contribution in [0.3, 0.4) is 0 Å². The molecule has 9 aromatic rings. The number of carbonyl (C=O) groups is 3. The van der Waals surface area contributed by atoms with Gasteiger partial charge in [0.15, 0.2) is 34.4 Å². The number of amides is 1. The van der Waals surface area contributed by atoms with Crippen LogP contribution in [0.1, 0.15) is 95.7 Å². The number of nitrogens with two attached hydrogens (primary N) is 1. The SMILES string of the molecule is CC1CC(C(N)=O)CN(c2ccnc(-c3cnc4cnc(C(F)F)cn34)n2)C1.COC(=O)C1CC(C)CN(c2ccnc(-c3cnc4cnc(C(F)F)cn34)n2)C1.COC(=O)C1CCCC(C)C1.FC(F)c1cn2c(-c3nccc(Cl)n3)cnc2cn1.N.O. The normalized spacial score (nSPS) is 19.0. The first-order valence-corrected chi connectivity index (χ1v) is 28.1. The molecule has 0 spiro atoms. The molecule has 0 aromatic carbocycles. The van der Waals surface area contributed by atoms with E-state index in [4.69, 9.17) is 26.8 Å². The van der Waals surface area contributed by atoms with Crippen molar-refractivity contribution in [2.45, 2.75) is 78.6 Å². The molecule has 2 aliphatic heterocycles. The van der Waals surface area contributed by atoms with E-state index in [1.165, 1.54) is 108 Å². The predicted octanol–water partition coefficient (Wildman–Crippen LogP) is 8.93. The number of hydrogen-bond acceptors (Lipinski definition) is 20. The van der Waals surface area contributed by atoms with Crippen molar-refractivity contribution in [3.05, 3.63) is 115 Å². The average Bonchev–Trinajstić information content (AvgIpc) is 4.44. The lowest BCUT2D eigenvalue weighted by atomic mass is 9.82. The number of imidazole rings is 3. The summed E-state index contributed by atoms with van der Waals surface area (Å²) in [5.74, 6) is 2.77. The fourth-order valence-electron chi connectivity index (χ4n) is 10.7. The van der Waals surface area contributed by atoms with Crippen LogP contribution >= 0.6 is 11.6 Å². The summed E-state index contributed by atoms with van der Waals surface area (Å²) in [6.45, 7) is 8.82. The Kier molecular flexibility index (Phi) is 22.9. The molecular formula is C57H66ClF6N19O6. The summed E-state index contributed by atoms with van der Waals surface area (Å²) in [5.41, 5.74) is 7.19. The fourth-order valence-corrected chi connectivity index (χ4v) is 10.9. The van der Waals surface area contributed by atoms with Gasteiger partial charge in [0.25, 0.3) is 19.3 Å². The second-order valence-corrected chi connectivity index (χ2v) is 21.8. The van der Waals surface area contributed by atoms with Gasteiger partial charge >= 0.3 is 11.9 Å². The Morgan fingerprint density at radius 1 is 0.517 bits per heavy atom. The molecule has 3 aliphatic rings. The third-order valence-electron chi connectivity index (χ3n) is 14.9.